The molecule has 5 nitrogen and oxygen atoms in total. The number of likely N-dealkylation sites (N-methyl/N-ethyl adjacent to an activating group) is 1. The first-order valence-electron chi connectivity index (χ1n) is 6.30. The lowest BCUT2D eigenvalue weighted by Gasteiger charge is -2.27. The normalized spacial score (nSPS) is 20.2. The van der Waals surface area contributed by atoms with Gasteiger partial charge in [0.25, 0.3) is 0 Å². The fraction of sp³-hybridized carbons (Fsp3) is 0.667. The minimum atomic E-state index is -0.323. The van der Waals surface area contributed by atoms with Gasteiger partial charge in [0.05, 0.1) is 4.92 Å². The van der Waals surface area contributed by atoms with Gasteiger partial charge in [0.15, 0.2) is 0 Å². The molecule has 6 heteroatoms. The zero-order valence-corrected chi connectivity index (χ0v) is 11.4. The van der Waals surface area contributed by atoms with Crippen LogP contribution in [0.5, 0.6) is 0 Å². The van der Waals surface area contributed by atoms with Crippen molar-refractivity contribution < 1.29 is 4.92 Å². The van der Waals surface area contributed by atoms with Gasteiger partial charge in [-0.1, -0.05) is 17.8 Å². The maximum atomic E-state index is 10.6. The van der Waals surface area contributed by atoms with Crippen LogP contribution in [-0.4, -0.2) is 36.0 Å². The first kappa shape index (κ1) is 13.5. The molecule has 1 unspecified atom stereocenters. The second-order valence-electron chi connectivity index (χ2n) is 4.84. The van der Waals surface area contributed by atoms with E-state index in [0.29, 0.717) is 6.04 Å². The van der Waals surface area contributed by atoms with E-state index in [4.69, 9.17) is 0 Å². The second-order valence-corrected chi connectivity index (χ2v) is 5.99. The monoisotopic (exact) mass is 269 g/mol. The highest BCUT2D eigenvalue weighted by molar-refractivity contribution is 7.15. The van der Waals surface area contributed by atoms with Gasteiger partial charge in [0.1, 0.15) is 0 Å². The molecule has 0 aromatic carbocycles. The third-order valence-corrected chi connectivity index (χ3v) is 4.22. The highest BCUT2D eigenvalue weighted by Gasteiger charge is 2.16. The summed E-state index contributed by atoms with van der Waals surface area (Å²) in [6.07, 6.45) is 3.81. The Morgan fingerprint density at radius 1 is 1.56 bits per heavy atom. The van der Waals surface area contributed by atoms with E-state index >= 15 is 0 Å². The summed E-state index contributed by atoms with van der Waals surface area (Å²) in [5.74, 6) is 0. The maximum Gasteiger partial charge on any atom is 0.324 e. The molecule has 1 atom stereocenters. The maximum absolute atomic E-state index is 10.6. The molecule has 2 heterocycles. The van der Waals surface area contributed by atoms with Gasteiger partial charge in [-0.2, -0.15) is 0 Å². The minimum Gasteiger partial charge on any atom is -0.313 e. The van der Waals surface area contributed by atoms with Crippen LogP contribution in [0, 0.1) is 10.1 Å². The van der Waals surface area contributed by atoms with E-state index in [0.717, 1.165) is 24.5 Å². The Balaban J connectivity index is 1.82. The number of nitrogens with zero attached hydrogens (tertiary/aromatic N) is 2. The number of thiophene rings is 1. The molecule has 2 rings (SSSR count). The smallest absolute Gasteiger partial charge is 0.313 e. The molecule has 1 N–H and O–H groups in total. The third kappa shape index (κ3) is 3.76. The van der Waals surface area contributed by atoms with Gasteiger partial charge in [-0.15, -0.1) is 0 Å². The van der Waals surface area contributed by atoms with Gasteiger partial charge in [-0.3, -0.25) is 15.0 Å². The highest BCUT2D eigenvalue weighted by Crippen LogP contribution is 2.24. The number of hydrogen-bond donors (Lipinski definition) is 1. The molecule has 0 amide bonds. The fourth-order valence-electron chi connectivity index (χ4n) is 2.34. The Morgan fingerprint density at radius 3 is 3.00 bits per heavy atom. The molecule has 0 aliphatic carbocycles. The van der Waals surface area contributed by atoms with Crippen LogP contribution in [0.1, 0.15) is 24.1 Å². The van der Waals surface area contributed by atoms with Crippen molar-refractivity contribution in [3.8, 4) is 0 Å². The molecule has 0 radical (unpaired) electrons. The van der Waals surface area contributed by atoms with Crippen LogP contribution in [-0.2, 0) is 6.54 Å². The quantitative estimate of drug-likeness (QED) is 0.658. The fourth-order valence-corrected chi connectivity index (χ4v) is 3.24. The SMILES string of the molecule is CN(Cc1ccc([N+](=O)[O-])s1)CC1CCCCN1. The Bertz CT molecular complexity index is 402. The van der Waals surface area contributed by atoms with E-state index in [1.165, 1.54) is 30.6 Å². The van der Waals surface area contributed by atoms with Crippen LogP contribution in [0.2, 0.25) is 0 Å². The molecule has 18 heavy (non-hydrogen) atoms. The van der Waals surface area contributed by atoms with Crippen LogP contribution in [0.25, 0.3) is 0 Å². The molecule has 1 aromatic heterocycles. The average Bonchev–Trinajstić information content (AvgIpc) is 2.78. The third-order valence-electron chi connectivity index (χ3n) is 3.20. The molecule has 0 bridgehead atoms. The number of hydrogen-bond acceptors (Lipinski definition) is 5. The van der Waals surface area contributed by atoms with E-state index in [9.17, 15) is 10.1 Å². The van der Waals surface area contributed by atoms with Crippen molar-refractivity contribution in [1.29, 1.82) is 0 Å². The first-order chi connectivity index (χ1) is 8.65. The predicted octanol–water partition coefficient (Wildman–Crippen LogP) is 2.23. The van der Waals surface area contributed by atoms with Crippen LogP contribution in [0.3, 0.4) is 0 Å². The standard InChI is InChI=1S/C12H19N3O2S/c1-14(8-10-4-2-3-7-13-10)9-11-5-6-12(18-11)15(16)17/h5-6,10,13H,2-4,7-9H2,1H3. The first-order valence-corrected chi connectivity index (χ1v) is 7.12. The molecule has 1 aromatic rings. The summed E-state index contributed by atoms with van der Waals surface area (Å²) in [6, 6.07) is 4.01. The van der Waals surface area contributed by atoms with Crippen LogP contribution >= 0.6 is 11.3 Å². The lowest BCUT2D eigenvalue weighted by atomic mass is 10.0. The number of nitrogens with one attached hydrogen (secondary N) is 1. The molecule has 1 aliphatic rings. The van der Waals surface area contributed by atoms with E-state index < -0.39 is 0 Å². The van der Waals surface area contributed by atoms with E-state index in [1.807, 2.05) is 6.07 Å². The van der Waals surface area contributed by atoms with Gasteiger partial charge in [0, 0.05) is 30.1 Å². The molecular weight excluding hydrogens is 250 g/mol. The molecule has 1 aliphatic heterocycles. The van der Waals surface area contributed by atoms with Gasteiger partial charge in [0.2, 0.25) is 0 Å². The molecule has 1 fully saturated rings. The second kappa shape index (κ2) is 6.26. The van der Waals surface area contributed by atoms with Crippen molar-refractivity contribution in [3.63, 3.8) is 0 Å². The zero-order chi connectivity index (χ0) is 13.0. The van der Waals surface area contributed by atoms with Crippen molar-refractivity contribution in [2.45, 2.75) is 31.8 Å². The van der Waals surface area contributed by atoms with Crippen LogP contribution in [0.15, 0.2) is 12.1 Å². The predicted molar refractivity (Wildman–Crippen MR) is 72.9 cm³/mol. The zero-order valence-electron chi connectivity index (χ0n) is 10.6. The number of rotatable bonds is 5. The van der Waals surface area contributed by atoms with E-state index in [1.54, 1.807) is 6.07 Å². The van der Waals surface area contributed by atoms with Gasteiger partial charge in [-0.25, -0.2) is 0 Å². The van der Waals surface area contributed by atoms with Crippen LogP contribution < -0.4 is 5.32 Å². The minimum absolute atomic E-state index is 0.231. The van der Waals surface area contributed by atoms with Crippen LogP contribution in [0.4, 0.5) is 5.00 Å². The summed E-state index contributed by atoms with van der Waals surface area (Å²) >= 11 is 1.27. The summed E-state index contributed by atoms with van der Waals surface area (Å²) in [5, 5.41) is 14.4. The number of piperidine rings is 1. The van der Waals surface area contributed by atoms with Crippen molar-refractivity contribution in [2.24, 2.45) is 0 Å². The average molecular weight is 269 g/mol. The van der Waals surface area contributed by atoms with Crippen molar-refractivity contribution >= 4 is 16.3 Å². The Hall–Kier alpha value is -0.980. The Labute approximate surface area is 111 Å². The van der Waals surface area contributed by atoms with E-state index in [-0.39, 0.29) is 9.92 Å². The number of nitro groups is 1. The summed E-state index contributed by atoms with van der Waals surface area (Å²) < 4.78 is 0. The summed E-state index contributed by atoms with van der Waals surface area (Å²) in [7, 11) is 2.07. The molecule has 0 saturated carbocycles. The summed E-state index contributed by atoms with van der Waals surface area (Å²) in [4.78, 5) is 13.6. The van der Waals surface area contributed by atoms with Gasteiger partial charge >= 0.3 is 5.00 Å². The molecule has 100 valence electrons. The van der Waals surface area contributed by atoms with E-state index in [2.05, 4.69) is 17.3 Å². The molecule has 1 saturated heterocycles. The molecule has 0 spiro atoms. The van der Waals surface area contributed by atoms with Crippen molar-refractivity contribution in [3.05, 3.63) is 27.1 Å². The topological polar surface area (TPSA) is 58.4 Å². The largest absolute Gasteiger partial charge is 0.324 e. The lowest BCUT2D eigenvalue weighted by Crippen LogP contribution is -2.42. The van der Waals surface area contributed by atoms with Gasteiger partial charge in [-0.05, 0) is 32.5 Å². The summed E-state index contributed by atoms with van der Waals surface area (Å²) in [6.45, 7) is 2.91. The lowest BCUT2D eigenvalue weighted by molar-refractivity contribution is -0.380. The summed E-state index contributed by atoms with van der Waals surface area (Å²) in [5.41, 5.74) is 0. The van der Waals surface area contributed by atoms with Gasteiger partial charge < -0.3 is 5.32 Å². The van der Waals surface area contributed by atoms with Crippen molar-refractivity contribution in [2.75, 3.05) is 20.1 Å². The Kier molecular flexibility index (Phi) is 4.68. The van der Waals surface area contributed by atoms with Crippen molar-refractivity contribution in [1.82, 2.24) is 10.2 Å². The highest BCUT2D eigenvalue weighted by atomic mass is 32.1. The Morgan fingerprint density at radius 2 is 2.39 bits per heavy atom. The molecular formula is C12H19N3O2S.